The molecule has 6 nitrogen and oxygen atoms in total. The maximum absolute atomic E-state index is 11.8. The summed E-state index contributed by atoms with van der Waals surface area (Å²) < 4.78 is 14.7. The molecule has 24 heavy (non-hydrogen) atoms. The molecule has 0 aliphatic rings. The molecule has 0 amide bonds. The molecule has 0 spiro atoms. The molecule has 0 saturated carbocycles. The van der Waals surface area contributed by atoms with Crippen molar-refractivity contribution in [2.45, 2.75) is 26.4 Å². The van der Waals surface area contributed by atoms with Gasteiger partial charge in [0.05, 0.1) is 7.11 Å². The van der Waals surface area contributed by atoms with Gasteiger partial charge in [-0.25, -0.2) is 4.79 Å². The second-order valence-corrected chi connectivity index (χ2v) is 5.09. The molecule has 6 heteroatoms. The first kappa shape index (κ1) is 19.4. The van der Waals surface area contributed by atoms with Crippen LogP contribution in [0.2, 0.25) is 0 Å². The van der Waals surface area contributed by atoms with E-state index in [1.165, 1.54) is 20.1 Å². The van der Waals surface area contributed by atoms with Crippen LogP contribution in [0.15, 0.2) is 36.4 Å². The summed E-state index contributed by atoms with van der Waals surface area (Å²) in [6.07, 6.45) is 2.86. The van der Waals surface area contributed by atoms with Crippen molar-refractivity contribution in [3.63, 3.8) is 0 Å². The molecule has 130 valence electrons. The van der Waals surface area contributed by atoms with Gasteiger partial charge in [-0.3, -0.25) is 9.59 Å². The molecule has 0 fully saturated rings. The minimum Gasteiger partial charge on any atom is -0.468 e. The van der Waals surface area contributed by atoms with Crippen LogP contribution in [0.3, 0.4) is 0 Å². The Kier molecular flexibility index (Phi) is 8.25. The minimum atomic E-state index is -1.01. The maximum atomic E-state index is 11.8. The molecule has 0 N–H and O–H groups in total. The van der Waals surface area contributed by atoms with Crippen molar-refractivity contribution in [1.82, 2.24) is 0 Å². The van der Waals surface area contributed by atoms with Crippen LogP contribution in [0, 0.1) is 5.92 Å². The van der Waals surface area contributed by atoms with Crippen molar-refractivity contribution in [2.75, 3.05) is 13.7 Å². The molecule has 0 radical (unpaired) electrons. The van der Waals surface area contributed by atoms with Gasteiger partial charge in [0.1, 0.15) is 12.7 Å². The van der Waals surface area contributed by atoms with Crippen molar-refractivity contribution in [1.29, 1.82) is 0 Å². The summed E-state index contributed by atoms with van der Waals surface area (Å²) in [5.41, 5.74) is 0.876. The van der Waals surface area contributed by atoms with Crippen LogP contribution in [-0.4, -0.2) is 37.7 Å². The third-order valence-corrected chi connectivity index (χ3v) is 3.27. The van der Waals surface area contributed by atoms with E-state index in [-0.39, 0.29) is 6.61 Å². The van der Waals surface area contributed by atoms with Crippen LogP contribution in [0.1, 0.15) is 25.8 Å². The predicted octanol–water partition coefficient (Wildman–Crippen LogP) is 2.37. The van der Waals surface area contributed by atoms with Gasteiger partial charge in [0.25, 0.3) is 0 Å². The lowest BCUT2D eigenvalue weighted by Crippen LogP contribution is -2.29. The zero-order valence-electron chi connectivity index (χ0n) is 14.1. The Hall–Kier alpha value is -2.63. The average molecular weight is 334 g/mol. The standard InChI is InChI=1S/C18H22O6/c1-4-15(12-23-18(21)13(2)17(20)22-3)24-16(19)11-10-14-8-6-5-7-9-14/h5-11,13,15H,4,12H2,1-3H3/b11-10+. The number of ether oxygens (including phenoxy) is 3. The van der Waals surface area contributed by atoms with Crippen molar-refractivity contribution < 1.29 is 28.6 Å². The number of carbonyl (C=O) groups is 3. The fourth-order valence-electron chi connectivity index (χ4n) is 1.74. The van der Waals surface area contributed by atoms with Gasteiger partial charge in [0.2, 0.25) is 0 Å². The predicted molar refractivity (Wildman–Crippen MR) is 87.8 cm³/mol. The number of benzene rings is 1. The zero-order valence-corrected chi connectivity index (χ0v) is 14.1. The SMILES string of the molecule is CCC(COC(=O)C(C)C(=O)OC)OC(=O)/C=C/c1ccccc1. The van der Waals surface area contributed by atoms with Crippen molar-refractivity contribution >= 4 is 24.0 Å². The van der Waals surface area contributed by atoms with Gasteiger partial charge >= 0.3 is 17.9 Å². The fraction of sp³-hybridized carbons (Fsp3) is 0.389. The highest BCUT2D eigenvalue weighted by atomic mass is 16.6. The Bertz CT molecular complexity index is 578. The number of rotatable bonds is 8. The first-order valence-corrected chi connectivity index (χ1v) is 7.66. The van der Waals surface area contributed by atoms with Gasteiger partial charge in [-0.05, 0) is 25.0 Å². The molecule has 2 atom stereocenters. The number of hydrogen-bond acceptors (Lipinski definition) is 6. The summed E-state index contributed by atoms with van der Waals surface area (Å²) in [6, 6.07) is 9.32. The van der Waals surface area contributed by atoms with E-state index in [0.29, 0.717) is 6.42 Å². The molecule has 0 bridgehead atoms. The van der Waals surface area contributed by atoms with E-state index in [9.17, 15) is 14.4 Å². The highest BCUT2D eigenvalue weighted by Gasteiger charge is 2.25. The van der Waals surface area contributed by atoms with Crippen LogP contribution in [0.4, 0.5) is 0 Å². The Morgan fingerprint density at radius 3 is 2.38 bits per heavy atom. The van der Waals surface area contributed by atoms with E-state index < -0.39 is 29.9 Å². The molecule has 1 aromatic rings. The minimum absolute atomic E-state index is 0.110. The lowest BCUT2D eigenvalue weighted by atomic mass is 10.2. The van der Waals surface area contributed by atoms with Crippen molar-refractivity contribution in [3.8, 4) is 0 Å². The Balaban J connectivity index is 2.46. The summed E-state index contributed by atoms with van der Waals surface area (Å²) in [7, 11) is 1.20. The highest BCUT2D eigenvalue weighted by molar-refractivity contribution is 5.94. The van der Waals surface area contributed by atoms with Gasteiger partial charge in [-0.1, -0.05) is 37.3 Å². The Labute approximate surface area is 141 Å². The van der Waals surface area contributed by atoms with Crippen LogP contribution < -0.4 is 0 Å². The third-order valence-electron chi connectivity index (χ3n) is 3.27. The van der Waals surface area contributed by atoms with Crippen LogP contribution >= 0.6 is 0 Å². The first-order chi connectivity index (χ1) is 11.5. The van der Waals surface area contributed by atoms with E-state index in [1.807, 2.05) is 30.3 Å². The Morgan fingerprint density at radius 2 is 1.79 bits per heavy atom. The molecule has 0 aromatic heterocycles. The molecule has 2 unspecified atom stereocenters. The summed E-state index contributed by atoms with van der Waals surface area (Å²) in [4.78, 5) is 34.7. The van der Waals surface area contributed by atoms with Gasteiger partial charge in [-0.15, -0.1) is 0 Å². The van der Waals surface area contributed by atoms with Crippen molar-refractivity contribution in [2.24, 2.45) is 5.92 Å². The largest absolute Gasteiger partial charge is 0.468 e. The van der Waals surface area contributed by atoms with Gasteiger partial charge in [-0.2, -0.15) is 0 Å². The van der Waals surface area contributed by atoms with Gasteiger partial charge < -0.3 is 14.2 Å². The summed E-state index contributed by atoms with van der Waals surface area (Å²) in [6.45, 7) is 3.09. The molecule has 1 aromatic carbocycles. The zero-order chi connectivity index (χ0) is 17.9. The Morgan fingerprint density at radius 1 is 1.12 bits per heavy atom. The second kappa shape index (κ2) is 10.2. The smallest absolute Gasteiger partial charge is 0.331 e. The lowest BCUT2D eigenvalue weighted by Gasteiger charge is -2.16. The molecular formula is C18H22O6. The van der Waals surface area contributed by atoms with E-state index in [4.69, 9.17) is 9.47 Å². The average Bonchev–Trinajstić information content (AvgIpc) is 2.62. The summed E-state index contributed by atoms with van der Waals surface area (Å²) >= 11 is 0. The van der Waals surface area contributed by atoms with Gasteiger partial charge in [0, 0.05) is 6.08 Å². The van der Waals surface area contributed by atoms with E-state index in [2.05, 4.69) is 4.74 Å². The molecule has 1 rings (SSSR count). The highest BCUT2D eigenvalue weighted by Crippen LogP contribution is 2.07. The fourth-order valence-corrected chi connectivity index (χ4v) is 1.74. The van der Waals surface area contributed by atoms with Gasteiger partial charge in [0.15, 0.2) is 5.92 Å². The number of esters is 3. The van der Waals surface area contributed by atoms with E-state index in [1.54, 1.807) is 13.0 Å². The van der Waals surface area contributed by atoms with E-state index in [0.717, 1.165) is 5.56 Å². The molecule has 0 aliphatic heterocycles. The summed E-state index contributed by atoms with van der Waals surface area (Å²) in [5, 5.41) is 0. The number of methoxy groups -OCH3 is 1. The maximum Gasteiger partial charge on any atom is 0.331 e. The number of carbonyl (C=O) groups excluding carboxylic acids is 3. The third kappa shape index (κ3) is 6.64. The van der Waals surface area contributed by atoms with Crippen LogP contribution in [0.5, 0.6) is 0 Å². The quantitative estimate of drug-likeness (QED) is 0.314. The molecule has 0 aliphatic carbocycles. The summed E-state index contributed by atoms with van der Waals surface area (Å²) in [5.74, 6) is -2.92. The van der Waals surface area contributed by atoms with Crippen molar-refractivity contribution in [3.05, 3.63) is 42.0 Å². The van der Waals surface area contributed by atoms with Crippen LogP contribution in [-0.2, 0) is 28.6 Å². The van der Waals surface area contributed by atoms with Crippen LogP contribution in [0.25, 0.3) is 6.08 Å². The topological polar surface area (TPSA) is 78.9 Å². The molecule has 0 saturated heterocycles. The second-order valence-electron chi connectivity index (χ2n) is 5.09. The molecule has 0 heterocycles. The molecular weight excluding hydrogens is 312 g/mol. The monoisotopic (exact) mass is 334 g/mol. The lowest BCUT2D eigenvalue weighted by molar-refractivity contribution is -0.165. The number of hydrogen-bond donors (Lipinski definition) is 0. The first-order valence-electron chi connectivity index (χ1n) is 7.66. The van der Waals surface area contributed by atoms with E-state index >= 15 is 0 Å². The normalized spacial score (nSPS) is 13.1.